The molecule has 7 heteroatoms. The Kier molecular flexibility index (Phi) is 7.59. The summed E-state index contributed by atoms with van der Waals surface area (Å²) in [5, 5.41) is 13.6. The zero-order chi connectivity index (χ0) is 22.2. The van der Waals surface area contributed by atoms with Gasteiger partial charge in [0, 0.05) is 17.8 Å². The van der Waals surface area contributed by atoms with Crippen LogP contribution in [0.3, 0.4) is 0 Å². The van der Waals surface area contributed by atoms with Crippen molar-refractivity contribution in [2.75, 3.05) is 18.4 Å². The first-order valence-electron chi connectivity index (χ1n) is 10.3. The molecule has 0 aliphatic heterocycles. The van der Waals surface area contributed by atoms with E-state index in [4.69, 9.17) is 9.94 Å². The lowest BCUT2D eigenvalue weighted by atomic mass is 10.0. The minimum absolute atomic E-state index is 0.457. The summed E-state index contributed by atoms with van der Waals surface area (Å²) in [6, 6.07) is 20.3. The summed E-state index contributed by atoms with van der Waals surface area (Å²) in [6.07, 6.45) is -2.09. The first kappa shape index (κ1) is 22.3. The maximum absolute atomic E-state index is 12.3. The van der Waals surface area contributed by atoms with Gasteiger partial charge in [-0.15, -0.1) is 0 Å². The molecule has 31 heavy (non-hydrogen) atoms. The lowest BCUT2D eigenvalue weighted by Crippen LogP contribution is -2.31. The minimum Gasteiger partial charge on any atom is -0.431 e. The van der Waals surface area contributed by atoms with E-state index in [0.29, 0.717) is 11.3 Å². The van der Waals surface area contributed by atoms with Gasteiger partial charge in [0.25, 0.3) is 5.91 Å². The van der Waals surface area contributed by atoms with Crippen LogP contribution in [0.15, 0.2) is 66.7 Å². The Bertz CT molecular complexity index is 1040. The van der Waals surface area contributed by atoms with Crippen molar-refractivity contribution in [1.82, 2.24) is 10.4 Å². The predicted molar refractivity (Wildman–Crippen MR) is 120 cm³/mol. The van der Waals surface area contributed by atoms with Gasteiger partial charge < -0.3 is 4.74 Å². The van der Waals surface area contributed by atoms with Crippen LogP contribution in [0, 0.1) is 0 Å². The molecule has 0 aliphatic rings. The fourth-order valence-electron chi connectivity index (χ4n) is 3.39. The number of benzene rings is 3. The van der Waals surface area contributed by atoms with Crippen LogP contribution in [0.2, 0.25) is 0 Å². The molecule has 0 saturated heterocycles. The zero-order valence-electron chi connectivity index (χ0n) is 17.7. The molecule has 0 heterocycles. The molecule has 162 valence electrons. The first-order valence-corrected chi connectivity index (χ1v) is 10.3. The number of nitrogens with zero attached hydrogens (tertiary/aromatic N) is 1. The molecule has 0 aromatic heterocycles. The summed E-state index contributed by atoms with van der Waals surface area (Å²) >= 11 is 0. The zero-order valence-corrected chi connectivity index (χ0v) is 17.7. The number of hydroxylamine groups is 1. The highest BCUT2D eigenvalue weighted by Gasteiger charge is 2.25. The third-order valence-electron chi connectivity index (χ3n) is 5.13. The van der Waals surface area contributed by atoms with E-state index in [-0.39, 0.29) is 0 Å². The van der Waals surface area contributed by atoms with E-state index in [1.807, 2.05) is 18.2 Å². The van der Waals surface area contributed by atoms with Crippen LogP contribution >= 0.6 is 0 Å². The lowest BCUT2D eigenvalue weighted by Gasteiger charge is -2.19. The second kappa shape index (κ2) is 10.6. The van der Waals surface area contributed by atoms with Gasteiger partial charge in [0.2, 0.25) is 6.10 Å². The summed E-state index contributed by atoms with van der Waals surface area (Å²) in [5.41, 5.74) is 3.77. The summed E-state index contributed by atoms with van der Waals surface area (Å²) < 4.78 is 5.32. The molecule has 3 aromatic rings. The van der Waals surface area contributed by atoms with Gasteiger partial charge in [0.15, 0.2) is 0 Å². The molecule has 0 spiro atoms. The minimum atomic E-state index is -1.30. The molecule has 3 N–H and O–H groups in total. The average Bonchev–Trinajstić information content (AvgIpc) is 2.80. The monoisotopic (exact) mass is 421 g/mol. The summed E-state index contributed by atoms with van der Waals surface area (Å²) in [5.74, 6) is -0.833. The molecule has 0 fully saturated rings. The molecule has 2 amide bonds. The van der Waals surface area contributed by atoms with Crippen molar-refractivity contribution in [3.05, 3.63) is 77.9 Å². The molecule has 0 radical (unpaired) electrons. The largest absolute Gasteiger partial charge is 0.431 e. The van der Waals surface area contributed by atoms with Crippen molar-refractivity contribution in [2.45, 2.75) is 26.5 Å². The SMILES string of the molecule is CCN(CC)Cc1ccc2cc(C(OC(=O)Nc3ccccc3)C(=O)NO)ccc2c1. The molecular weight excluding hydrogens is 394 g/mol. The number of hydrogen-bond acceptors (Lipinski definition) is 5. The molecule has 0 bridgehead atoms. The molecule has 1 unspecified atom stereocenters. The maximum Gasteiger partial charge on any atom is 0.412 e. The first-order chi connectivity index (χ1) is 15.0. The van der Waals surface area contributed by atoms with Crippen molar-refractivity contribution in [1.29, 1.82) is 0 Å². The molecule has 7 nitrogen and oxygen atoms in total. The van der Waals surface area contributed by atoms with Crippen LogP contribution < -0.4 is 10.8 Å². The second-order valence-electron chi connectivity index (χ2n) is 7.15. The fourth-order valence-corrected chi connectivity index (χ4v) is 3.39. The highest BCUT2D eigenvalue weighted by Crippen LogP contribution is 2.25. The standard InChI is InChI=1S/C24H27N3O4/c1-3-27(4-2)16-17-10-11-19-15-20(13-12-18(19)14-17)22(23(28)26-30)31-24(29)25-21-8-6-5-7-9-21/h5-15,22,30H,3-4,16H2,1-2H3,(H,25,29)(H,26,28). The van der Waals surface area contributed by atoms with Crippen LogP contribution in [0.5, 0.6) is 0 Å². The molecule has 3 rings (SSSR count). The van der Waals surface area contributed by atoms with Crippen LogP contribution in [0.1, 0.15) is 31.1 Å². The molecular formula is C24H27N3O4. The highest BCUT2D eigenvalue weighted by molar-refractivity contribution is 5.90. The van der Waals surface area contributed by atoms with E-state index < -0.39 is 18.1 Å². The van der Waals surface area contributed by atoms with Gasteiger partial charge >= 0.3 is 6.09 Å². The number of nitrogens with one attached hydrogen (secondary N) is 2. The van der Waals surface area contributed by atoms with Crippen molar-refractivity contribution >= 4 is 28.5 Å². The number of fused-ring (bicyclic) bond motifs is 1. The second-order valence-corrected chi connectivity index (χ2v) is 7.15. The Morgan fingerprint density at radius 1 is 0.968 bits per heavy atom. The lowest BCUT2D eigenvalue weighted by molar-refractivity contribution is -0.138. The van der Waals surface area contributed by atoms with Crippen LogP contribution in [-0.2, 0) is 16.1 Å². The summed E-state index contributed by atoms with van der Waals surface area (Å²) in [4.78, 5) is 26.8. The summed E-state index contributed by atoms with van der Waals surface area (Å²) in [7, 11) is 0. The normalized spacial score (nSPS) is 11.9. The Morgan fingerprint density at radius 3 is 2.32 bits per heavy atom. The Labute approximate surface area is 181 Å². The van der Waals surface area contributed by atoms with E-state index >= 15 is 0 Å². The molecule has 1 atom stereocenters. The van der Waals surface area contributed by atoms with Crippen molar-refractivity contribution < 1.29 is 19.5 Å². The molecule has 0 saturated carbocycles. The Morgan fingerprint density at radius 2 is 1.65 bits per heavy atom. The molecule has 3 aromatic carbocycles. The fraction of sp³-hybridized carbons (Fsp3) is 0.250. The average molecular weight is 421 g/mol. The van der Waals surface area contributed by atoms with Crippen molar-refractivity contribution in [3.8, 4) is 0 Å². The Hall–Kier alpha value is -3.42. The van der Waals surface area contributed by atoms with E-state index in [1.165, 1.54) is 5.56 Å². The molecule has 0 aliphatic carbocycles. The number of ether oxygens (including phenoxy) is 1. The van der Waals surface area contributed by atoms with Crippen LogP contribution in [0.25, 0.3) is 10.8 Å². The van der Waals surface area contributed by atoms with Gasteiger partial charge in [0.1, 0.15) is 0 Å². The Balaban J connectivity index is 1.81. The number of anilines is 1. The number of amides is 2. The highest BCUT2D eigenvalue weighted by atomic mass is 16.6. The van der Waals surface area contributed by atoms with E-state index in [9.17, 15) is 9.59 Å². The smallest absolute Gasteiger partial charge is 0.412 e. The number of hydrogen-bond donors (Lipinski definition) is 3. The topological polar surface area (TPSA) is 90.9 Å². The van der Waals surface area contributed by atoms with E-state index in [1.54, 1.807) is 41.9 Å². The third kappa shape index (κ3) is 5.81. The predicted octanol–water partition coefficient (Wildman–Crippen LogP) is 4.48. The van der Waals surface area contributed by atoms with Gasteiger partial charge in [-0.1, -0.05) is 56.3 Å². The van der Waals surface area contributed by atoms with Gasteiger partial charge in [-0.25, -0.2) is 10.3 Å². The number of rotatable bonds is 8. The summed E-state index contributed by atoms with van der Waals surface area (Å²) in [6.45, 7) is 7.10. The maximum atomic E-state index is 12.3. The van der Waals surface area contributed by atoms with E-state index in [0.717, 1.165) is 30.4 Å². The van der Waals surface area contributed by atoms with Gasteiger partial charge in [-0.2, -0.15) is 0 Å². The number of para-hydroxylation sites is 1. The third-order valence-corrected chi connectivity index (χ3v) is 5.13. The van der Waals surface area contributed by atoms with Gasteiger partial charge in [0.05, 0.1) is 0 Å². The van der Waals surface area contributed by atoms with Crippen molar-refractivity contribution in [2.24, 2.45) is 0 Å². The quantitative estimate of drug-likeness (QED) is 0.369. The van der Waals surface area contributed by atoms with Gasteiger partial charge in [-0.3, -0.25) is 20.2 Å². The number of carbonyl (C=O) groups excluding carboxylic acids is 2. The van der Waals surface area contributed by atoms with Gasteiger partial charge in [-0.05, 0) is 53.7 Å². The van der Waals surface area contributed by atoms with Crippen molar-refractivity contribution in [3.63, 3.8) is 0 Å². The van der Waals surface area contributed by atoms with E-state index in [2.05, 4.69) is 36.2 Å². The van der Waals surface area contributed by atoms with Crippen LogP contribution in [0.4, 0.5) is 10.5 Å². The number of carbonyl (C=O) groups is 2. The van der Waals surface area contributed by atoms with Crippen LogP contribution in [-0.4, -0.2) is 35.2 Å².